The monoisotopic (exact) mass is 194 g/mol. The number of carbonyl (C=O) groups excluding carboxylic acids is 1. The third-order valence-electron chi connectivity index (χ3n) is 2.21. The van der Waals surface area contributed by atoms with Gasteiger partial charge in [-0.1, -0.05) is 6.92 Å². The molecule has 2 N–H and O–H groups in total. The zero-order chi connectivity index (χ0) is 10.7. The molecule has 0 fully saturated rings. The van der Waals surface area contributed by atoms with E-state index in [0.29, 0.717) is 17.5 Å². The van der Waals surface area contributed by atoms with E-state index >= 15 is 0 Å². The number of aromatic hydroxyl groups is 2. The Morgan fingerprint density at radius 1 is 1.29 bits per heavy atom. The van der Waals surface area contributed by atoms with E-state index in [4.69, 9.17) is 0 Å². The van der Waals surface area contributed by atoms with Crippen molar-refractivity contribution in [2.75, 3.05) is 0 Å². The molecule has 0 aromatic heterocycles. The van der Waals surface area contributed by atoms with Crippen LogP contribution in [0.3, 0.4) is 0 Å². The zero-order valence-corrected chi connectivity index (χ0v) is 8.37. The van der Waals surface area contributed by atoms with Gasteiger partial charge in [0.2, 0.25) is 0 Å². The average Bonchev–Trinajstić information content (AvgIpc) is 2.14. The fourth-order valence-electron chi connectivity index (χ4n) is 1.20. The van der Waals surface area contributed by atoms with Gasteiger partial charge in [-0.2, -0.15) is 0 Å². The fraction of sp³-hybridized carbons (Fsp3) is 0.364. The summed E-state index contributed by atoms with van der Waals surface area (Å²) >= 11 is 0. The lowest BCUT2D eigenvalue weighted by Gasteiger charge is -2.05. The van der Waals surface area contributed by atoms with Gasteiger partial charge in [0.15, 0.2) is 0 Å². The van der Waals surface area contributed by atoms with Crippen LogP contribution in [0, 0.1) is 6.92 Å². The van der Waals surface area contributed by atoms with Gasteiger partial charge in [0.05, 0.1) is 0 Å². The van der Waals surface area contributed by atoms with Gasteiger partial charge in [0.25, 0.3) is 0 Å². The first-order chi connectivity index (χ1) is 6.54. The molecule has 0 spiro atoms. The lowest BCUT2D eigenvalue weighted by atomic mass is 10.0. The van der Waals surface area contributed by atoms with Gasteiger partial charge in [-0.15, -0.1) is 0 Å². The third kappa shape index (κ3) is 2.25. The lowest BCUT2D eigenvalue weighted by molar-refractivity contribution is -0.118. The quantitative estimate of drug-likeness (QED) is 0.773. The Morgan fingerprint density at radius 2 is 1.79 bits per heavy atom. The molecule has 0 saturated carbocycles. The van der Waals surface area contributed by atoms with E-state index in [1.807, 2.05) is 0 Å². The highest BCUT2D eigenvalue weighted by Crippen LogP contribution is 2.27. The average molecular weight is 194 g/mol. The normalized spacial score (nSPS) is 10.1. The summed E-state index contributed by atoms with van der Waals surface area (Å²) in [6.07, 6.45) is 0.729. The SMILES string of the molecule is CCC(=O)Cc1cc(O)c(C)c(O)c1. The van der Waals surface area contributed by atoms with E-state index in [0.717, 1.165) is 0 Å². The summed E-state index contributed by atoms with van der Waals surface area (Å²) in [7, 11) is 0. The molecule has 1 aromatic rings. The van der Waals surface area contributed by atoms with E-state index in [9.17, 15) is 15.0 Å². The summed E-state index contributed by atoms with van der Waals surface area (Å²) in [6.45, 7) is 3.41. The van der Waals surface area contributed by atoms with Gasteiger partial charge in [0, 0.05) is 18.4 Å². The molecule has 0 aliphatic carbocycles. The Labute approximate surface area is 83.0 Å². The van der Waals surface area contributed by atoms with Crippen LogP contribution < -0.4 is 0 Å². The molecule has 0 aliphatic rings. The molecule has 0 aliphatic heterocycles. The van der Waals surface area contributed by atoms with Crippen LogP contribution in [-0.2, 0) is 11.2 Å². The van der Waals surface area contributed by atoms with Gasteiger partial charge < -0.3 is 10.2 Å². The second-order valence-electron chi connectivity index (χ2n) is 3.33. The molecule has 0 amide bonds. The first kappa shape index (κ1) is 10.6. The summed E-state index contributed by atoms with van der Waals surface area (Å²) in [4.78, 5) is 11.1. The molecule has 76 valence electrons. The van der Waals surface area contributed by atoms with Crippen molar-refractivity contribution in [3.05, 3.63) is 23.3 Å². The Morgan fingerprint density at radius 3 is 2.21 bits per heavy atom. The van der Waals surface area contributed by atoms with Crippen molar-refractivity contribution in [2.24, 2.45) is 0 Å². The highest BCUT2D eigenvalue weighted by Gasteiger charge is 2.07. The summed E-state index contributed by atoms with van der Waals surface area (Å²) in [6, 6.07) is 3.03. The Hall–Kier alpha value is -1.51. The van der Waals surface area contributed by atoms with Crippen molar-refractivity contribution in [2.45, 2.75) is 26.7 Å². The summed E-state index contributed by atoms with van der Waals surface area (Å²) in [5.41, 5.74) is 1.09. The van der Waals surface area contributed by atoms with Crippen LogP contribution in [0.25, 0.3) is 0 Å². The lowest BCUT2D eigenvalue weighted by Crippen LogP contribution is -2.00. The van der Waals surface area contributed by atoms with Crippen LogP contribution in [-0.4, -0.2) is 16.0 Å². The van der Waals surface area contributed by atoms with Crippen LogP contribution >= 0.6 is 0 Å². The molecule has 1 aromatic carbocycles. The largest absolute Gasteiger partial charge is 0.508 e. The molecular formula is C11H14O3. The molecule has 0 saturated heterocycles. The van der Waals surface area contributed by atoms with Gasteiger partial charge in [0.1, 0.15) is 17.3 Å². The van der Waals surface area contributed by atoms with Crippen molar-refractivity contribution in [3.63, 3.8) is 0 Å². The number of ketones is 1. The van der Waals surface area contributed by atoms with E-state index in [1.165, 1.54) is 12.1 Å². The van der Waals surface area contributed by atoms with Gasteiger partial charge >= 0.3 is 0 Å². The van der Waals surface area contributed by atoms with Crippen molar-refractivity contribution in [3.8, 4) is 11.5 Å². The van der Waals surface area contributed by atoms with Gasteiger partial charge in [-0.05, 0) is 24.6 Å². The molecule has 14 heavy (non-hydrogen) atoms. The number of carbonyl (C=O) groups is 1. The van der Waals surface area contributed by atoms with E-state index in [2.05, 4.69) is 0 Å². The number of benzene rings is 1. The second-order valence-corrected chi connectivity index (χ2v) is 3.33. The number of hydrogen-bond donors (Lipinski definition) is 2. The van der Waals surface area contributed by atoms with Crippen molar-refractivity contribution >= 4 is 5.78 Å². The minimum atomic E-state index is 0.0314. The molecule has 0 atom stereocenters. The van der Waals surface area contributed by atoms with Crippen molar-refractivity contribution in [1.29, 1.82) is 0 Å². The highest BCUT2D eigenvalue weighted by molar-refractivity contribution is 5.80. The summed E-state index contributed by atoms with van der Waals surface area (Å²) in [5.74, 6) is 0.153. The van der Waals surface area contributed by atoms with Crippen molar-refractivity contribution < 1.29 is 15.0 Å². The number of Topliss-reactive ketones (excluding diaryl/α,β-unsaturated/α-hetero) is 1. The molecule has 0 heterocycles. The van der Waals surface area contributed by atoms with E-state index < -0.39 is 0 Å². The van der Waals surface area contributed by atoms with Gasteiger partial charge in [-0.3, -0.25) is 4.79 Å². The Bertz CT molecular complexity index is 333. The first-order valence-corrected chi connectivity index (χ1v) is 4.57. The van der Waals surface area contributed by atoms with Crippen LogP contribution in [0.2, 0.25) is 0 Å². The highest BCUT2D eigenvalue weighted by atomic mass is 16.3. The molecule has 1 rings (SSSR count). The molecule has 0 unspecified atom stereocenters. The number of rotatable bonds is 3. The van der Waals surface area contributed by atoms with Gasteiger partial charge in [-0.25, -0.2) is 0 Å². The maximum Gasteiger partial charge on any atom is 0.136 e. The zero-order valence-electron chi connectivity index (χ0n) is 8.37. The van der Waals surface area contributed by atoms with Crippen LogP contribution in [0.1, 0.15) is 24.5 Å². The third-order valence-corrected chi connectivity index (χ3v) is 2.21. The van der Waals surface area contributed by atoms with Crippen LogP contribution in [0.15, 0.2) is 12.1 Å². The van der Waals surface area contributed by atoms with E-state index in [1.54, 1.807) is 13.8 Å². The first-order valence-electron chi connectivity index (χ1n) is 4.57. The topological polar surface area (TPSA) is 57.5 Å². The number of phenolic OH excluding ortho intramolecular Hbond substituents is 2. The fourth-order valence-corrected chi connectivity index (χ4v) is 1.20. The Kier molecular flexibility index (Phi) is 3.12. The second kappa shape index (κ2) is 4.13. The molecule has 0 bridgehead atoms. The molecule has 3 nitrogen and oxygen atoms in total. The minimum absolute atomic E-state index is 0.0314. The molecule has 0 radical (unpaired) electrons. The predicted octanol–water partition coefficient (Wildman–Crippen LogP) is 1.93. The van der Waals surface area contributed by atoms with Crippen molar-refractivity contribution in [1.82, 2.24) is 0 Å². The Balaban J connectivity index is 2.95. The van der Waals surface area contributed by atoms with Crippen LogP contribution in [0.5, 0.6) is 11.5 Å². The minimum Gasteiger partial charge on any atom is -0.508 e. The maximum absolute atomic E-state index is 11.1. The molecule has 3 heteroatoms. The maximum atomic E-state index is 11.1. The van der Waals surface area contributed by atoms with E-state index in [-0.39, 0.29) is 23.7 Å². The summed E-state index contributed by atoms with van der Waals surface area (Å²) in [5, 5.41) is 18.8. The molecular weight excluding hydrogens is 180 g/mol. The van der Waals surface area contributed by atoms with Crippen LogP contribution in [0.4, 0.5) is 0 Å². The summed E-state index contributed by atoms with van der Waals surface area (Å²) < 4.78 is 0. The number of phenols is 2. The number of hydrogen-bond acceptors (Lipinski definition) is 3. The predicted molar refractivity (Wildman–Crippen MR) is 53.5 cm³/mol. The standard InChI is InChI=1S/C11H14O3/c1-3-9(12)4-8-5-10(13)7(2)11(14)6-8/h5-6,13-14H,3-4H2,1-2H3. The smallest absolute Gasteiger partial charge is 0.136 e.